The fourth-order valence-corrected chi connectivity index (χ4v) is 2.30. The van der Waals surface area contributed by atoms with Crippen molar-refractivity contribution in [2.75, 3.05) is 6.54 Å². The number of aryl methyl sites for hydroxylation is 1. The first-order valence-electron chi connectivity index (χ1n) is 7.67. The Hall–Kier alpha value is -2.95. The summed E-state index contributed by atoms with van der Waals surface area (Å²) in [5.41, 5.74) is 2.85. The molecule has 0 radical (unpaired) electrons. The number of amides is 1. The van der Waals surface area contributed by atoms with Crippen LogP contribution in [0.1, 0.15) is 21.6 Å². The number of rotatable bonds is 5. The van der Waals surface area contributed by atoms with E-state index in [4.69, 9.17) is 4.42 Å². The van der Waals surface area contributed by atoms with Gasteiger partial charge in [0.15, 0.2) is 0 Å². The van der Waals surface area contributed by atoms with Gasteiger partial charge in [0, 0.05) is 18.5 Å². The van der Waals surface area contributed by atoms with E-state index in [0.717, 1.165) is 11.3 Å². The summed E-state index contributed by atoms with van der Waals surface area (Å²) in [6.07, 6.45) is 2.08. The standard InChI is InChI=1S/C19H17FN2O2/c1-13-6-8-14(9-7-13)19-22-15(12-24-19)10-11-21-18(23)16-4-2-3-5-17(16)20/h2-9,12H,10-11H2,1H3,(H,21,23). The third-order valence-corrected chi connectivity index (χ3v) is 3.64. The molecule has 0 bridgehead atoms. The van der Waals surface area contributed by atoms with Gasteiger partial charge in [-0.1, -0.05) is 29.8 Å². The summed E-state index contributed by atoms with van der Waals surface area (Å²) in [5, 5.41) is 2.68. The van der Waals surface area contributed by atoms with E-state index < -0.39 is 11.7 Å². The van der Waals surface area contributed by atoms with Crippen LogP contribution < -0.4 is 5.32 Å². The molecule has 1 N–H and O–H groups in total. The lowest BCUT2D eigenvalue weighted by molar-refractivity contribution is 0.0950. The minimum atomic E-state index is -0.530. The second kappa shape index (κ2) is 7.08. The lowest BCUT2D eigenvalue weighted by Gasteiger charge is -2.04. The third kappa shape index (κ3) is 3.68. The molecule has 0 fully saturated rings. The molecule has 2 aromatic carbocycles. The molecular formula is C19H17FN2O2. The van der Waals surface area contributed by atoms with Gasteiger partial charge in [-0.25, -0.2) is 9.37 Å². The summed E-state index contributed by atoms with van der Waals surface area (Å²) in [5.74, 6) is -0.418. The Bertz CT molecular complexity index is 841. The summed E-state index contributed by atoms with van der Waals surface area (Å²) in [6, 6.07) is 13.8. The van der Waals surface area contributed by atoms with Gasteiger partial charge in [0.2, 0.25) is 5.89 Å². The van der Waals surface area contributed by atoms with E-state index in [9.17, 15) is 9.18 Å². The second-order valence-corrected chi connectivity index (χ2v) is 5.50. The smallest absolute Gasteiger partial charge is 0.254 e. The van der Waals surface area contributed by atoms with Crippen LogP contribution in [-0.4, -0.2) is 17.4 Å². The number of nitrogens with zero attached hydrogens (tertiary/aromatic N) is 1. The van der Waals surface area contributed by atoms with Gasteiger partial charge >= 0.3 is 0 Å². The Balaban J connectivity index is 1.57. The van der Waals surface area contributed by atoms with Crippen LogP contribution in [0.5, 0.6) is 0 Å². The fourth-order valence-electron chi connectivity index (χ4n) is 2.30. The van der Waals surface area contributed by atoms with Gasteiger partial charge in [0.05, 0.1) is 11.3 Å². The number of oxazole rings is 1. The molecule has 3 aromatic rings. The molecule has 1 heterocycles. The van der Waals surface area contributed by atoms with E-state index in [-0.39, 0.29) is 5.56 Å². The van der Waals surface area contributed by atoms with Crippen molar-refractivity contribution in [3.05, 3.63) is 77.4 Å². The molecule has 3 rings (SSSR count). The van der Waals surface area contributed by atoms with Crippen LogP contribution in [0.4, 0.5) is 4.39 Å². The van der Waals surface area contributed by atoms with Crippen molar-refractivity contribution in [3.63, 3.8) is 0 Å². The maximum absolute atomic E-state index is 13.5. The first-order chi connectivity index (χ1) is 11.6. The minimum absolute atomic E-state index is 0.0398. The van der Waals surface area contributed by atoms with E-state index in [1.807, 2.05) is 31.2 Å². The number of carbonyl (C=O) groups is 1. The number of nitrogens with one attached hydrogen (secondary N) is 1. The fraction of sp³-hybridized carbons (Fsp3) is 0.158. The maximum Gasteiger partial charge on any atom is 0.254 e. The van der Waals surface area contributed by atoms with E-state index >= 15 is 0 Å². The minimum Gasteiger partial charge on any atom is -0.444 e. The highest BCUT2D eigenvalue weighted by Gasteiger charge is 2.11. The van der Waals surface area contributed by atoms with Crippen molar-refractivity contribution in [1.29, 1.82) is 0 Å². The summed E-state index contributed by atoms with van der Waals surface area (Å²) >= 11 is 0. The molecule has 0 saturated heterocycles. The number of halogens is 1. The van der Waals surface area contributed by atoms with E-state index in [0.29, 0.717) is 18.9 Å². The van der Waals surface area contributed by atoms with Crippen molar-refractivity contribution in [3.8, 4) is 11.5 Å². The SMILES string of the molecule is Cc1ccc(-c2nc(CCNC(=O)c3ccccc3F)co2)cc1. The summed E-state index contributed by atoms with van der Waals surface area (Å²) in [6.45, 7) is 2.37. The number of hydrogen-bond donors (Lipinski definition) is 1. The monoisotopic (exact) mass is 324 g/mol. The van der Waals surface area contributed by atoms with Crippen LogP contribution in [0.25, 0.3) is 11.5 Å². The normalized spacial score (nSPS) is 10.6. The van der Waals surface area contributed by atoms with Crippen LogP contribution in [0.3, 0.4) is 0 Å². The molecule has 5 heteroatoms. The van der Waals surface area contributed by atoms with Crippen LogP contribution in [0.2, 0.25) is 0 Å². The molecule has 0 saturated carbocycles. The summed E-state index contributed by atoms with van der Waals surface area (Å²) < 4.78 is 19.0. The van der Waals surface area contributed by atoms with E-state index in [1.54, 1.807) is 18.4 Å². The van der Waals surface area contributed by atoms with Crippen LogP contribution in [-0.2, 0) is 6.42 Å². The van der Waals surface area contributed by atoms with Gasteiger partial charge in [0.25, 0.3) is 5.91 Å². The highest BCUT2D eigenvalue weighted by Crippen LogP contribution is 2.19. The molecular weight excluding hydrogens is 307 g/mol. The van der Waals surface area contributed by atoms with Gasteiger partial charge in [-0.05, 0) is 31.2 Å². The van der Waals surface area contributed by atoms with Crippen LogP contribution in [0.15, 0.2) is 59.2 Å². The predicted molar refractivity (Wildman–Crippen MR) is 89.1 cm³/mol. The van der Waals surface area contributed by atoms with Gasteiger partial charge in [-0.15, -0.1) is 0 Å². The van der Waals surface area contributed by atoms with Crippen molar-refractivity contribution in [1.82, 2.24) is 10.3 Å². The molecule has 122 valence electrons. The van der Waals surface area contributed by atoms with Gasteiger partial charge in [0.1, 0.15) is 12.1 Å². The topological polar surface area (TPSA) is 55.1 Å². The van der Waals surface area contributed by atoms with Crippen molar-refractivity contribution < 1.29 is 13.6 Å². The molecule has 0 aliphatic rings. The van der Waals surface area contributed by atoms with Gasteiger partial charge in [-0.3, -0.25) is 4.79 Å². The quantitative estimate of drug-likeness (QED) is 0.777. The Morgan fingerprint density at radius 1 is 1.17 bits per heavy atom. The largest absolute Gasteiger partial charge is 0.444 e. The molecule has 0 atom stereocenters. The molecule has 0 aliphatic carbocycles. The van der Waals surface area contributed by atoms with Gasteiger partial charge < -0.3 is 9.73 Å². The molecule has 0 unspecified atom stereocenters. The van der Waals surface area contributed by atoms with Crippen LogP contribution in [0, 0.1) is 12.7 Å². The molecule has 0 aliphatic heterocycles. The number of aromatic nitrogens is 1. The molecule has 1 amide bonds. The Morgan fingerprint density at radius 2 is 1.92 bits per heavy atom. The predicted octanol–water partition coefficient (Wildman–Crippen LogP) is 3.76. The zero-order valence-corrected chi connectivity index (χ0v) is 13.3. The first kappa shape index (κ1) is 15.9. The van der Waals surface area contributed by atoms with Crippen molar-refractivity contribution in [2.45, 2.75) is 13.3 Å². The summed E-state index contributed by atoms with van der Waals surface area (Å²) in [4.78, 5) is 16.3. The Morgan fingerprint density at radius 3 is 2.67 bits per heavy atom. The van der Waals surface area contributed by atoms with Crippen molar-refractivity contribution in [2.24, 2.45) is 0 Å². The molecule has 1 aromatic heterocycles. The summed E-state index contributed by atoms with van der Waals surface area (Å²) in [7, 11) is 0. The maximum atomic E-state index is 13.5. The lowest BCUT2D eigenvalue weighted by Crippen LogP contribution is -2.26. The Kier molecular flexibility index (Phi) is 4.70. The molecule has 4 nitrogen and oxygen atoms in total. The molecule has 24 heavy (non-hydrogen) atoms. The van der Waals surface area contributed by atoms with E-state index in [2.05, 4.69) is 10.3 Å². The zero-order chi connectivity index (χ0) is 16.9. The molecule has 0 spiro atoms. The van der Waals surface area contributed by atoms with Crippen LogP contribution >= 0.6 is 0 Å². The Labute approximate surface area is 139 Å². The average molecular weight is 324 g/mol. The third-order valence-electron chi connectivity index (χ3n) is 3.64. The second-order valence-electron chi connectivity index (χ2n) is 5.50. The number of carbonyl (C=O) groups excluding carboxylic acids is 1. The van der Waals surface area contributed by atoms with Gasteiger partial charge in [-0.2, -0.15) is 0 Å². The first-order valence-corrected chi connectivity index (χ1v) is 7.67. The number of benzene rings is 2. The lowest BCUT2D eigenvalue weighted by atomic mass is 10.1. The number of hydrogen-bond acceptors (Lipinski definition) is 3. The average Bonchev–Trinajstić information content (AvgIpc) is 3.04. The van der Waals surface area contributed by atoms with E-state index in [1.165, 1.54) is 17.7 Å². The highest BCUT2D eigenvalue weighted by molar-refractivity contribution is 5.94. The zero-order valence-electron chi connectivity index (χ0n) is 13.3. The highest BCUT2D eigenvalue weighted by atomic mass is 19.1. The van der Waals surface area contributed by atoms with Crippen molar-refractivity contribution >= 4 is 5.91 Å².